The maximum Gasteiger partial charge on any atom is 0.239 e. The number of hydrogen-bond donors (Lipinski definition) is 3. The van der Waals surface area contributed by atoms with Crippen LogP contribution in [0.5, 0.6) is 0 Å². The fourth-order valence-corrected chi connectivity index (χ4v) is 2.96. The third kappa shape index (κ3) is 8.45. The number of hydrogen-bond acceptors (Lipinski definition) is 3. The lowest BCUT2D eigenvalue weighted by Crippen LogP contribution is -2.48. The molecule has 2 amide bonds. The van der Waals surface area contributed by atoms with Gasteiger partial charge < -0.3 is 20.9 Å². The summed E-state index contributed by atoms with van der Waals surface area (Å²) >= 11 is 0. The summed E-state index contributed by atoms with van der Waals surface area (Å²) in [5.74, 6) is 0.721. The number of likely N-dealkylation sites (tertiary alicyclic amines) is 1. The topological polar surface area (TPSA) is 85.8 Å². The second-order valence-corrected chi connectivity index (χ2v) is 7.82. The predicted molar refractivity (Wildman–Crippen MR) is 123 cm³/mol. The predicted octanol–water partition coefficient (Wildman–Crippen LogP) is 2.01. The van der Waals surface area contributed by atoms with Crippen LogP contribution in [0.1, 0.15) is 44.7 Å². The molecule has 0 aromatic heterocycles. The molecule has 1 aromatic carbocycles. The highest BCUT2D eigenvalue weighted by Gasteiger charge is 2.20. The van der Waals surface area contributed by atoms with Crippen LogP contribution in [-0.2, 0) is 22.7 Å². The van der Waals surface area contributed by atoms with Gasteiger partial charge in [0.05, 0.1) is 6.54 Å². The van der Waals surface area contributed by atoms with E-state index >= 15 is 0 Å². The van der Waals surface area contributed by atoms with Gasteiger partial charge in [0.2, 0.25) is 11.8 Å². The van der Waals surface area contributed by atoms with Crippen molar-refractivity contribution in [3.8, 4) is 0 Å². The van der Waals surface area contributed by atoms with E-state index in [1.54, 1.807) is 7.05 Å². The van der Waals surface area contributed by atoms with E-state index < -0.39 is 0 Å². The second-order valence-electron chi connectivity index (χ2n) is 7.82. The zero-order valence-electron chi connectivity index (χ0n) is 17.2. The summed E-state index contributed by atoms with van der Waals surface area (Å²) in [6.07, 6.45) is 1.61. The van der Waals surface area contributed by atoms with E-state index in [1.807, 2.05) is 43.9 Å². The molecule has 28 heavy (non-hydrogen) atoms. The highest BCUT2D eigenvalue weighted by Crippen LogP contribution is 2.15. The van der Waals surface area contributed by atoms with Gasteiger partial charge in [0.25, 0.3) is 0 Å². The van der Waals surface area contributed by atoms with Crippen LogP contribution < -0.4 is 16.0 Å². The van der Waals surface area contributed by atoms with Gasteiger partial charge in [0.1, 0.15) is 0 Å². The van der Waals surface area contributed by atoms with E-state index in [-0.39, 0.29) is 47.9 Å². The van der Waals surface area contributed by atoms with Gasteiger partial charge in [-0.3, -0.25) is 14.6 Å². The summed E-state index contributed by atoms with van der Waals surface area (Å²) < 4.78 is 0. The van der Waals surface area contributed by atoms with E-state index in [4.69, 9.17) is 0 Å². The van der Waals surface area contributed by atoms with Crippen molar-refractivity contribution in [2.45, 2.75) is 52.2 Å². The summed E-state index contributed by atoms with van der Waals surface area (Å²) in [5.41, 5.74) is 1.96. The van der Waals surface area contributed by atoms with Crippen molar-refractivity contribution in [1.82, 2.24) is 20.9 Å². The Morgan fingerprint density at radius 3 is 2.54 bits per heavy atom. The molecule has 3 N–H and O–H groups in total. The minimum Gasteiger partial charge on any atom is -0.352 e. The standard InChI is InChI=1S/C20H31N5O2.HI/c1-20(2,3)24-17(26)13-23-19(21-4)22-12-15-7-5-8-16(11-15)14-25-10-6-9-18(25)27;/h5,7-8,11H,6,9-10,12-14H2,1-4H3,(H,24,26)(H2,21,22,23);1H. The summed E-state index contributed by atoms with van der Waals surface area (Å²) in [6.45, 7) is 8.08. The van der Waals surface area contributed by atoms with Crippen molar-refractivity contribution >= 4 is 41.8 Å². The Balaban J connectivity index is 0.00000392. The van der Waals surface area contributed by atoms with E-state index in [9.17, 15) is 9.59 Å². The molecule has 0 spiro atoms. The molecule has 1 aliphatic heterocycles. The minimum absolute atomic E-state index is 0. The molecule has 0 radical (unpaired) electrons. The number of halogens is 1. The van der Waals surface area contributed by atoms with Gasteiger partial charge in [0.15, 0.2) is 5.96 Å². The number of amides is 2. The second kappa shape index (κ2) is 11.2. The number of carbonyl (C=O) groups excluding carboxylic acids is 2. The molecule has 2 rings (SSSR count). The highest BCUT2D eigenvalue weighted by molar-refractivity contribution is 14.0. The largest absolute Gasteiger partial charge is 0.352 e. The molecule has 1 saturated heterocycles. The van der Waals surface area contributed by atoms with E-state index in [0.29, 0.717) is 25.5 Å². The van der Waals surface area contributed by atoms with Crippen molar-refractivity contribution in [2.24, 2.45) is 4.99 Å². The van der Waals surface area contributed by atoms with Gasteiger partial charge in [-0.1, -0.05) is 24.3 Å². The fraction of sp³-hybridized carbons (Fsp3) is 0.550. The van der Waals surface area contributed by atoms with Crippen molar-refractivity contribution in [2.75, 3.05) is 20.1 Å². The van der Waals surface area contributed by atoms with Crippen LogP contribution in [0.3, 0.4) is 0 Å². The van der Waals surface area contributed by atoms with E-state index in [2.05, 4.69) is 27.0 Å². The van der Waals surface area contributed by atoms with E-state index in [0.717, 1.165) is 24.1 Å². The third-order valence-electron chi connectivity index (χ3n) is 4.15. The SMILES string of the molecule is CN=C(NCC(=O)NC(C)(C)C)NCc1cccc(CN2CCCC2=O)c1.I. The van der Waals surface area contributed by atoms with Crippen LogP contribution in [0, 0.1) is 0 Å². The van der Waals surface area contributed by atoms with Gasteiger partial charge in [-0.25, -0.2) is 0 Å². The lowest BCUT2D eigenvalue weighted by molar-refractivity contribution is -0.128. The average molecular weight is 501 g/mol. The number of benzene rings is 1. The Kier molecular flexibility index (Phi) is 9.71. The lowest BCUT2D eigenvalue weighted by atomic mass is 10.1. The van der Waals surface area contributed by atoms with Crippen molar-refractivity contribution in [3.05, 3.63) is 35.4 Å². The molecule has 0 saturated carbocycles. The van der Waals surface area contributed by atoms with Crippen molar-refractivity contribution in [1.29, 1.82) is 0 Å². The Hall–Kier alpha value is -1.84. The number of rotatable bonds is 6. The molecule has 7 nitrogen and oxygen atoms in total. The summed E-state index contributed by atoms with van der Waals surface area (Å²) in [4.78, 5) is 29.7. The number of guanidine groups is 1. The normalized spacial score (nSPS) is 14.5. The Morgan fingerprint density at radius 2 is 1.93 bits per heavy atom. The van der Waals surface area contributed by atoms with Crippen LogP contribution in [0.15, 0.2) is 29.3 Å². The number of carbonyl (C=O) groups is 2. The first-order valence-corrected chi connectivity index (χ1v) is 9.38. The molecule has 0 bridgehead atoms. The van der Waals surface area contributed by atoms with Gasteiger partial charge in [-0.05, 0) is 38.3 Å². The molecule has 1 fully saturated rings. The van der Waals surface area contributed by atoms with Crippen molar-refractivity contribution < 1.29 is 9.59 Å². The Labute approximate surface area is 184 Å². The first kappa shape index (κ1) is 24.2. The van der Waals surface area contributed by atoms with E-state index in [1.165, 1.54) is 0 Å². The van der Waals surface area contributed by atoms with Gasteiger partial charge in [-0.15, -0.1) is 24.0 Å². The Morgan fingerprint density at radius 1 is 1.21 bits per heavy atom. The summed E-state index contributed by atoms with van der Waals surface area (Å²) in [5, 5.41) is 9.13. The maximum absolute atomic E-state index is 11.9. The molecular weight excluding hydrogens is 469 g/mol. The van der Waals surface area contributed by atoms with Crippen LogP contribution in [0.25, 0.3) is 0 Å². The minimum atomic E-state index is -0.257. The first-order valence-electron chi connectivity index (χ1n) is 9.38. The molecule has 0 unspecified atom stereocenters. The number of aliphatic imine (C=N–C) groups is 1. The molecule has 1 aromatic rings. The first-order chi connectivity index (χ1) is 12.8. The van der Waals surface area contributed by atoms with Crippen molar-refractivity contribution in [3.63, 3.8) is 0 Å². The summed E-state index contributed by atoms with van der Waals surface area (Å²) in [6, 6.07) is 8.17. The molecule has 0 atom stereocenters. The van der Waals surface area contributed by atoms with Gasteiger partial charge in [-0.2, -0.15) is 0 Å². The molecular formula is C20H32IN5O2. The monoisotopic (exact) mass is 501 g/mol. The molecule has 0 aliphatic carbocycles. The zero-order chi connectivity index (χ0) is 19.9. The van der Waals surface area contributed by atoms with Crippen LogP contribution >= 0.6 is 24.0 Å². The molecule has 156 valence electrons. The zero-order valence-corrected chi connectivity index (χ0v) is 19.5. The number of nitrogens with zero attached hydrogens (tertiary/aromatic N) is 2. The van der Waals surface area contributed by atoms with Crippen LogP contribution in [-0.4, -0.2) is 48.3 Å². The summed E-state index contributed by atoms with van der Waals surface area (Å²) in [7, 11) is 1.67. The number of nitrogens with one attached hydrogen (secondary N) is 3. The smallest absolute Gasteiger partial charge is 0.239 e. The average Bonchev–Trinajstić information content (AvgIpc) is 2.99. The highest BCUT2D eigenvalue weighted by atomic mass is 127. The quantitative estimate of drug-likeness (QED) is 0.316. The maximum atomic E-state index is 11.9. The van der Waals surface area contributed by atoms with Gasteiger partial charge >= 0.3 is 0 Å². The van der Waals surface area contributed by atoms with Crippen LogP contribution in [0.2, 0.25) is 0 Å². The molecule has 1 heterocycles. The fourth-order valence-electron chi connectivity index (χ4n) is 2.96. The third-order valence-corrected chi connectivity index (χ3v) is 4.15. The lowest BCUT2D eigenvalue weighted by Gasteiger charge is -2.21. The Bertz CT molecular complexity index is 700. The molecule has 8 heteroatoms. The van der Waals surface area contributed by atoms with Gasteiger partial charge in [0, 0.05) is 38.6 Å². The van der Waals surface area contributed by atoms with Crippen LogP contribution in [0.4, 0.5) is 0 Å². The molecule has 1 aliphatic rings.